The van der Waals surface area contributed by atoms with E-state index in [1.807, 2.05) is 20.8 Å². The molecule has 0 aromatic heterocycles. The van der Waals surface area contributed by atoms with Crippen LogP contribution in [-0.4, -0.2) is 24.5 Å². The van der Waals surface area contributed by atoms with Crippen molar-refractivity contribution in [1.29, 1.82) is 0 Å². The maximum Gasteiger partial charge on any atom is 0.314 e. The third-order valence-electron chi connectivity index (χ3n) is 0.851. The average molecular weight is 176 g/mol. The van der Waals surface area contributed by atoms with Crippen LogP contribution in [0, 0.1) is 0 Å². The van der Waals surface area contributed by atoms with Gasteiger partial charge < -0.3 is 10.6 Å². The summed E-state index contributed by atoms with van der Waals surface area (Å²) in [5, 5.41) is 0. The van der Waals surface area contributed by atoms with Gasteiger partial charge in [0.05, 0.1) is 0 Å². The van der Waals surface area contributed by atoms with Gasteiger partial charge in [-0.2, -0.15) is 0 Å². The Labute approximate surface area is 76.9 Å². The van der Waals surface area contributed by atoms with Gasteiger partial charge in [-0.15, -0.1) is 0 Å². The molecule has 0 aliphatic heterocycles. The Morgan fingerprint density at radius 2 is 1.50 bits per heavy atom. The number of amides is 2. The Hall–Kier alpha value is -0.730. The maximum absolute atomic E-state index is 10.1. The van der Waals surface area contributed by atoms with Crippen molar-refractivity contribution in [3.05, 3.63) is 0 Å². The third-order valence-corrected chi connectivity index (χ3v) is 0.851. The van der Waals surface area contributed by atoms with E-state index in [1.54, 1.807) is 7.05 Å². The first-order chi connectivity index (χ1) is 5.59. The van der Waals surface area contributed by atoms with Crippen molar-refractivity contribution in [2.24, 2.45) is 5.73 Å². The molecule has 0 aromatic carbocycles. The molecule has 3 heteroatoms. The van der Waals surface area contributed by atoms with E-state index in [9.17, 15) is 4.79 Å². The molecule has 12 heavy (non-hydrogen) atoms. The van der Waals surface area contributed by atoms with Crippen LogP contribution < -0.4 is 5.73 Å². The van der Waals surface area contributed by atoms with Crippen LogP contribution in [0.2, 0.25) is 0 Å². The monoisotopic (exact) mass is 176 g/mol. The fourth-order valence-corrected chi connectivity index (χ4v) is 0.156. The number of carbonyl (C=O) groups is 1. The van der Waals surface area contributed by atoms with E-state index >= 15 is 0 Å². The van der Waals surface area contributed by atoms with Gasteiger partial charge in [0, 0.05) is 13.6 Å². The first-order valence-electron chi connectivity index (χ1n) is 4.60. The van der Waals surface area contributed by atoms with Gasteiger partial charge in [0.1, 0.15) is 0 Å². The number of primary amides is 1. The molecule has 0 aliphatic carbocycles. The van der Waals surface area contributed by atoms with E-state index in [1.165, 1.54) is 11.3 Å². The minimum atomic E-state index is -0.373. The normalized spacial score (nSPS) is 6.83. The highest BCUT2D eigenvalue weighted by Crippen LogP contribution is 1.75. The van der Waals surface area contributed by atoms with Gasteiger partial charge in [0.15, 0.2) is 0 Å². The Bertz CT molecular complexity index is 84.6. The molecule has 2 amide bonds. The molecule has 0 heterocycles. The number of nitrogens with zero attached hydrogens (tertiary/aromatic N) is 1. The second-order valence-electron chi connectivity index (χ2n) is 2.06. The van der Waals surface area contributed by atoms with Crippen molar-refractivity contribution in [2.75, 3.05) is 13.6 Å². The molecule has 2 N–H and O–H groups in total. The lowest BCUT2D eigenvalue weighted by molar-refractivity contribution is 0.221. The molecule has 0 unspecified atom stereocenters. The summed E-state index contributed by atoms with van der Waals surface area (Å²) >= 11 is 0. The zero-order valence-electron chi connectivity index (χ0n) is 9.35. The highest BCUT2D eigenvalue weighted by atomic mass is 16.2. The van der Waals surface area contributed by atoms with Crippen molar-refractivity contribution < 1.29 is 4.79 Å². The largest absolute Gasteiger partial charge is 0.352 e. The Morgan fingerprint density at radius 1 is 1.25 bits per heavy atom. The van der Waals surface area contributed by atoms with Crippen LogP contribution in [0.3, 0.4) is 0 Å². The lowest BCUT2D eigenvalue weighted by Crippen LogP contribution is -2.31. The molecular formula is C9H24N2O. The van der Waals surface area contributed by atoms with Crippen molar-refractivity contribution in [3.8, 4) is 0 Å². The molecular weight excluding hydrogens is 152 g/mol. The highest BCUT2D eigenvalue weighted by molar-refractivity contribution is 5.71. The molecule has 0 bridgehead atoms. The third kappa shape index (κ3) is 22.8. The number of carbonyl (C=O) groups excluding carboxylic acids is 1. The fraction of sp³-hybridized carbons (Fsp3) is 0.889. The van der Waals surface area contributed by atoms with Crippen molar-refractivity contribution in [1.82, 2.24) is 4.90 Å². The number of hydrogen-bond donors (Lipinski definition) is 1. The summed E-state index contributed by atoms with van der Waals surface area (Å²) in [6.07, 6.45) is 1.25. The summed E-state index contributed by atoms with van der Waals surface area (Å²) in [7, 11) is 1.66. The van der Waals surface area contributed by atoms with Gasteiger partial charge >= 0.3 is 6.03 Å². The van der Waals surface area contributed by atoms with Crippen LogP contribution in [0.1, 0.15) is 41.0 Å². The topological polar surface area (TPSA) is 46.3 Å². The first kappa shape index (κ1) is 17.4. The summed E-state index contributed by atoms with van der Waals surface area (Å²) in [6, 6.07) is -0.373. The van der Waals surface area contributed by atoms with Gasteiger partial charge in [-0.25, -0.2) is 4.79 Å². The predicted octanol–water partition coefficient (Wildman–Crippen LogP) is 2.46. The lowest BCUT2D eigenvalue weighted by Gasteiger charge is -2.08. The summed E-state index contributed by atoms with van der Waals surface area (Å²) in [4.78, 5) is 11.5. The van der Waals surface area contributed by atoms with E-state index in [0.717, 1.165) is 0 Å². The van der Waals surface area contributed by atoms with Gasteiger partial charge in [-0.1, -0.05) is 34.1 Å². The Morgan fingerprint density at radius 3 is 1.50 bits per heavy atom. The average Bonchev–Trinajstić information content (AvgIpc) is 2.08. The van der Waals surface area contributed by atoms with Crippen LogP contribution >= 0.6 is 0 Å². The maximum atomic E-state index is 10.1. The van der Waals surface area contributed by atoms with Crippen LogP contribution in [0.4, 0.5) is 4.79 Å². The molecule has 3 nitrogen and oxygen atoms in total. The predicted molar refractivity (Wildman–Crippen MR) is 55.2 cm³/mol. The number of urea groups is 1. The van der Waals surface area contributed by atoms with Crippen molar-refractivity contribution >= 4 is 6.03 Å². The minimum Gasteiger partial charge on any atom is -0.352 e. The second kappa shape index (κ2) is 16.7. The molecule has 0 saturated heterocycles. The zero-order chi connectivity index (χ0) is 10.6. The first-order valence-corrected chi connectivity index (χ1v) is 4.60. The Balaban J connectivity index is -0.000000137. The van der Waals surface area contributed by atoms with Gasteiger partial charge in [0.2, 0.25) is 0 Å². The van der Waals surface area contributed by atoms with Crippen molar-refractivity contribution in [3.63, 3.8) is 0 Å². The van der Waals surface area contributed by atoms with Crippen LogP contribution in [0.25, 0.3) is 0 Å². The lowest BCUT2D eigenvalue weighted by atomic mass is 10.6. The van der Waals surface area contributed by atoms with E-state index in [0.29, 0.717) is 6.54 Å². The van der Waals surface area contributed by atoms with E-state index in [-0.39, 0.29) is 6.03 Å². The number of hydrogen-bond acceptors (Lipinski definition) is 1. The summed E-state index contributed by atoms with van der Waals surface area (Å²) in [5.74, 6) is 0. The quantitative estimate of drug-likeness (QED) is 0.655. The van der Waals surface area contributed by atoms with E-state index in [2.05, 4.69) is 13.8 Å². The minimum absolute atomic E-state index is 0.373. The highest BCUT2D eigenvalue weighted by Gasteiger charge is 1.94. The van der Waals surface area contributed by atoms with Crippen LogP contribution in [-0.2, 0) is 0 Å². The summed E-state index contributed by atoms with van der Waals surface area (Å²) in [5.41, 5.74) is 4.83. The molecule has 0 saturated carbocycles. The number of nitrogens with two attached hydrogens (primary N) is 1. The molecule has 0 aromatic rings. The summed E-state index contributed by atoms with van der Waals surface area (Å²) < 4.78 is 0. The van der Waals surface area contributed by atoms with Gasteiger partial charge in [-0.3, -0.25) is 0 Å². The van der Waals surface area contributed by atoms with Crippen LogP contribution in [0.5, 0.6) is 0 Å². The van der Waals surface area contributed by atoms with Gasteiger partial charge in [0.25, 0.3) is 0 Å². The smallest absolute Gasteiger partial charge is 0.314 e. The summed E-state index contributed by atoms with van der Waals surface area (Å²) in [6.45, 7) is 10.8. The van der Waals surface area contributed by atoms with Crippen molar-refractivity contribution in [2.45, 2.75) is 41.0 Å². The van der Waals surface area contributed by atoms with Crippen LogP contribution in [0.15, 0.2) is 0 Å². The molecule has 0 radical (unpaired) electrons. The molecule has 76 valence electrons. The molecule has 0 aliphatic rings. The van der Waals surface area contributed by atoms with Gasteiger partial charge in [-0.05, 0) is 6.92 Å². The molecule has 0 rings (SSSR count). The van der Waals surface area contributed by atoms with E-state index in [4.69, 9.17) is 5.73 Å². The second-order valence-corrected chi connectivity index (χ2v) is 2.06. The Kier molecular flexibility index (Phi) is 24.2. The SMILES string of the molecule is CC.CCC.CCN(C)C(N)=O. The molecule has 0 fully saturated rings. The molecule has 0 atom stereocenters. The van der Waals surface area contributed by atoms with E-state index < -0.39 is 0 Å². The number of rotatable bonds is 1. The standard InChI is InChI=1S/C4H10N2O.C3H8.C2H6/c1-3-6(2)4(5)7;1-3-2;1-2/h3H2,1-2H3,(H2,5,7);3H2,1-2H3;1-2H3. The fourth-order valence-electron chi connectivity index (χ4n) is 0.156. The zero-order valence-corrected chi connectivity index (χ0v) is 9.35. The molecule has 0 spiro atoms.